The Hall–Kier alpha value is -2.42. The Bertz CT molecular complexity index is 760. The molecule has 2 aromatic carbocycles. The zero-order valence-corrected chi connectivity index (χ0v) is 11.9. The van der Waals surface area contributed by atoms with Gasteiger partial charge in [0.1, 0.15) is 6.61 Å². The molecule has 106 valence electrons. The molecule has 0 radical (unpaired) electrons. The number of hydrogen-bond donors (Lipinski definition) is 0. The molecule has 0 aliphatic carbocycles. The van der Waals surface area contributed by atoms with Crippen LogP contribution in [0.15, 0.2) is 42.0 Å². The van der Waals surface area contributed by atoms with E-state index in [9.17, 15) is 9.18 Å². The lowest BCUT2D eigenvalue weighted by molar-refractivity contribution is 0.0998. The van der Waals surface area contributed by atoms with E-state index < -0.39 is 5.82 Å². The van der Waals surface area contributed by atoms with E-state index in [0.29, 0.717) is 5.57 Å². The number of para-hydroxylation sites is 1. The van der Waals surface area contributed by atoms with Crippen molar-refractivity contribution < 1.29 is 13.9 Å². The van der Waals surface area contributed by atoms with Crippen LogP contribution >= 0.6 is 0 Å². The summed E-state index contributed by atoms with van der Waals surface area (Å²) in [4.78, 5) is 12.4. The van der Waals surface area contributed by atoms with Crippen LogP contribution in [0.5, 0.6) is 5.75 Å². The first kappa shape index (κ1) is 13.6. The van der Waals surface area contributed by atoms with Crippen molar-refractivity contribution in [2.45, 2.75) is 13.8 Å². The average molecular weight is 282 g/mol. The molecule has 0 atom stereocenters. The summed E-state index contributed by atoms with van der Waals surface area (Å²) >= 11 is 0. The summed E-state index contributed by atoms with van der Waals surface area (Å²) in [6.07, 6.45) is 1.81. The molecule has 0 fully saturated rings. The predicted molar refractivity (Wildman–Crippen MR) is 80.1 cm³/mol. The van der Waals surface area contributed by atoms with Gasteiger partial charge in [-0.15, -0.1) is 0 Å². The highest BCUT2D eigenvalue weighted by molar-refractivity contribution is 6.14. The minimum atomic E-state index is -0.494. The Labute approximate surface area is 122 Å². The minimum Gasteiger partial charge on any atom is -0.485 e. The molecule has 0 unspecified atom stereocenters. The molecule has 1 aliphatic rings. The van der Waals surface area contributed by atoms with Gasteiger partial charge in [0.25, 0.3) is 0 Å². The second-order valence-corrected chi connectivity index (χ2v) is 5.25. The van der Waals surface area contributed by atoms with E-state index >= 15 is 0 Å². The van der Waals surface area contributed by atoms with Crippen molar-refractivity contribution in [3.8, 4) is 5.75 Å². The smallest absolute Gasteiger partial charge is 0.196 e. The van der Waals surface area contributed by atoms with Gasteiger partial charge in [-0.3, -0.25) is 4.79 Å². The van der Waals surface area contributed by atoms with Gasteiger partial charge in [0, 0.05) is 5.57 Å². The maximum Gasteiger partial charge on any atom is 0.196 e. The number of ether oxygens (including phenoxy) is 1. The zero-order chi connectivity index (χ0) is 15.0. The Morgan fingerprint density at radius 2 is 1.95 bits per heavy atom. The van der Waals surface area contributed by atoms with Gasteiger partial charge in [-0.2, -0.15) is 0 Å². The van der Waals surface area contributed by atoms with Crippen LogP contribution in [0.2, 0.25) is 0 Å². The van der Waals surface area contributed by atoms with E-state index in [2.05, 4.69) is 0 Å². The van der Waals surface area contributed by atoms with Crippen LogP contribution in [0.25, 0.3) is 6.08 Å². The Balaban J connectivity index is 1.99. The normalized spacial score (nSPS) is 15.8. The van der Waals surface area contributed by atoms with E-state index in [1.54, 1.807) is 6.07 Å². The highest BCUT2D eigenvalue weighted by Crippen LogP contribution is 2.30. The van der Waals surface area contributed by atoms with E-state index in [-0.39, 0.29) is 23.7 Å². The van der Waals surface area contributed by atoms with E-state index in [1.807, 2.05) is 38.1 Å². The number of rotatable bonds is 1. The number of hydrogen-bond acceptors (Lipinski definition) is 2. The van der Waals surface area contributed by atoms with Crippen LogP contribution in [-0.2, 0) is 0 Å². The number of carbonyl (C=O) groups excluding carboxylic acids is 1. The predicted octanol–water partition coefficient (Wildman–Crippen LogP) is 4.10. The Morgan fingerprint density at radius 3 is 2.71 bits per heavy atom. The molecule has 0 bridgehead atoms. The third-order valence-electron chi connectivity index (χ3n) is 3.75. The molecule has 0 aromatic heterocycles. The monoisotopic (exact) mass is 282 g/mol. The first-order chi connectivity index (χ1) is 10.1. The molecular weight excluding hydrogens is 267 g/mol. The molecule has 21 heavy (non-hydrogen) atoms. The van der Waals surface area contributed by atoms with Crippen molar-refractivity contribution in [3.63, 3.8) is 0 Å². The SMILES string of the molecule is Cc1ccc(C=C2COc3c(F)cccc3C2=O)cc1C. The van der Waals surface area contributed by atoms with Crippen LogP contribution in [0.1, 0.15) is 27.0 Å². The fourth-order valence-corrected chi connectivity index (χ4v) is 2.39. The second-order valence-electron chi connectivity index (χ2n) is 5.25. The van der Waals surface area contributed by atoms with Gasteiger partial charge in [-0.25, -0.2) is 4.39 Å². The largest absolute Gasteiger partial charge is 0.485 e. The van der Waals surface area contributed by atoms with Crippen molar-refractivity contribution >= 4 is 11.9 Å². The molecule has 0 saturated carbocycles. The van der Waals surface area contributed by atoms with E-state index in [0.717, 1.165) is 5.56 Å². The highest BCUT2D eigenvalue weighted by Gasteiger charge is 2.25. The first-order valence-corrected chi connectivity index (χ1v) is 6.80. The van der Waals surface area contributed by atoms with Gasteiger partial charge in [0.05, 0.1) is 5.56 Å². The van der Waals surface area contributed by atoms with Gasteiger partial charge >= 0.3 is 0 Å². The van der Waals surface area contributed by atoms with Gasteiger partial charge in [0.15, 0.2) is 17.3 Å². The summed E-state index contributed by atoms with van der Waals surface area (Å²) < 4.78 is 19.0. The number of carbonyl (C=O) groups is 1. The number of Topliss-reactive ketones (excluding diaryl/α,β-unsaturated/α-hetero) is 1. The molecule has 0 spiro atoms. The lowest BCUT2D eigenvalue weighted by Gasteiger charge is -2.19. The van der Waals surface area contributed by atoms with Crippen LogP contribution in [0.3, 0.4) is 0 Å². The highest BCUT2D eigenvalue weighted by atomic mass is 19.1. The molecule has 0 amide bonds. The number of halogens is 1. The van der Waals surface area contributed by atoms with Crippen LogP contribution in [0.4, 0.5) is 4.39 Å². The fourth-order valence-electron chi connectivity index (χ4n) is 2.39. The number of fused-ring (bicyclic) bond motifs is 1. The summed E-state index contributed by atoms with van der Waals surface area (Å²) in [5, 5.41) is 0. The fraction of sp³-hybridized carbons (Fsp3) is 0.167. The standard InChI is InChI=1S/C18H15FO2/c1-11-6-7-13(8-12(11)2)9-14-10-21-18-15(17(14)20)4-3-5-16(18)19/h3-9H,10H2,1-2H3. The molecule has 3 rings (SSSR count). The summed E-state index contributed by atoms with van der Waals surface area (Å²) in [5.74, 6) is -0.611. The molecular formula is C18H15FO2. The van der Waals surface area contributed by atoms with E-state index in [4.69, 9.17) is 4.74 Å². The molecule has 0 saturated heterocycles. The third kappa shape index (κ3) is 2.47. The van der Waals surface area contributed by atoms with Crippen LogP contribution in [0, 0.1) is 19.7 Å². The minimum absolute atomic E-state index is 0.0553. The maximum absolute atomic E-state index is 13.6. The summed E-state index contributed by atoms with van der Waals surface area (Å²) in [7, 11) is 0. The van der Waals surface area contributed by atoms with Crippen molar-refractivity contribution in [1.82, 2.24) is 0 Å². The second kappa shape index (κ2) is 5.17. The van der Waals surface area contributed by atoms with Crippen molar-refractivity contribution in [1.29, 1.82) is 0 Å². The first-order valence-electron chi connectivity index (χ1n) is 6.80. The van der Waals surface area contributed by atoms with Gasteiger partial charge in [0.2, 0.25) is 0 Å². The molecule has 3 heteroatoms. The molecule has 0 N–H and O–H groups in total. The van der Waals surface area contributed by atoms with Gasteiger partial charge in [-0.05, 0) is 48.7 Å². The number of benzene rings is 2. The molecule has 1 aliphatic heterocycles. The Kier molecular flexibility index (Phi) is 3.34. The zero-order valence-electron chi connectivity index (χ0n) is 11.9. The van der Waals surface area contributed by atoms with Crippen LogP contribution in [-0.4, -0.2) is 12.4 Å². The summed E-state index contributed by atoms with van der Waals surface area (Å²) in [6.45, 7) is 4.17. The lowest BCUT2D eigenvalue weighted by Crippen LogP contribution is -2.19. The number of ketones is 1. The molecule has 2 aromatic rings. The molecule has 2 nitrogen and oxygen atoms in total. The Morgan fingerprint density at radius 1 is 1.14 bits per heavy atom. The lowest BCUT2D eigenvalue weighted by atomic mass is 9.97. The van der Waals surface area contributed by atoms with Gasteiger partial charge < -0.3 is 4.74 Å². The maximum atomic E-state index is 13.6. The molecule has 1 heterocycles. The van der Waals surface area contributed by atoms with E-state index in [1.165, 1.54) is 23.3 Å². The topological polar surface area (TPSA) is 26.3 Å². The van der Waals surface area contributed by atoms with Crippen molar-refractivity contribution in [2.75, 3.05) is 6.61 Å². The van der Waals surface area contributed by atoms with Gasteiger partial charge in [-0.1, -0.05) is 24.3 Å². The van der Waals surface area contributed by atoms with Crippen molar-refractivity contribution in [2.24, 2.45) is 0 Å². The third-order valence-corrected chi connectivity index (χ3v) is 3.75. The summed E-state index contributed by atoms with van der Waals surface area (Å²) in [6, 6.07) is 10.4. The average Bonchev–Trinajstić information content (AvgIpc) is 2.46. The quantitative estimate of drug-likeness (QED) is 0.736. The number of aryl methyl sites for hydroxylation is 2. The summed E-state index contributed by atoms with van der Waals surface area (Å²) in [5.41, 5.74) is 4.15. The van der Waals surface area contributed by atoms with Crippen LogP contribution < -0.4 is 4.74 Å². The van der Waals surface area contributed by atoms with Crippen molar-refractivity contribution in [3.05, 3.63) is 70.0 Å².